The lowest BCUT2D eigenvalue weighted by atomic mass is 10.0. The molecule has 6 fully saturated rings. The van der Waals surface area contributed by atoms with Crippen LogP contribution in [0.15, 0.2) is 24.3 Å². The van der Waals surface area contributed by atoms with E-state index < -0.39 is 0 Å². The summed E-state index contributed by atoms with van der Waals surface area (Å²) in [6.07, 6.45) is 0. The van der Waals surface area contributed by atoms with Crippen molar-refractivity contribution in [1.82, 2.24) is 0 Å². The van der Waals surface area contributed by atoms with Crippen LogP contribution in [0.1, 0.15) is 11.1 Å². The molecule has 0 spiro atoms. The lowest BCUT2D eigenvalue weighted by Gasteiger charge is -2.55. The van der Waals surface area contributed by atoms with E-state index in [9.17, 15) is 0 Å². The van der Waals surface area contributed by atoms with Gasteiger partial charge in [-0.1, -0.05) is 18.2 Å². The normalized spacial score (nSPS) is 44.1. The molecular formula is C24H36N4+4. The maximum Gasteiger partial charge on any atom is 0.141 e. The molecule has 16 rings (SSSR count). The minimum Gasteiger partial charge on any atom is -0.306 e. The molecule has 15 aliphatic heterocycles. The summed E-state index contributed by atoms with van der Waals surface area (Å²) < 4.78 is 5.23. The molecule has 0 radical (unpaired) electrons. The first kappa shape index (κ1) is 17.5. The summed E-state index contributed by atoms with van der Waals surface area (Å²) in [5.74, 6) is 7.35. The van der Waals surface area contributed by atoms with Crippen LogP contribution in [-0.4, -0.2) is 110 Å². The second-order valence-corrected chi connectivity index (χ2v) is 10.9. The van der Waals surface area contributed by atoms with Crippen LogP contribution in [0.25, 0.3) is 0 Å². The average molecular weight is 381 g/mol. The van der Waals surface area contributed by atoms with Gasteiger partial charge in [0.15, 0.2) is 0 Å². The highest BCUT2D eigenvalue weighted by Crippen LogP contribution is 2.31. The van der Waals surface area contributed by atoms with Crippen LogP contribution in [-0.2, 0) is 13.1 Å². The third-order valence-electron chi connectivity index (χ3n) is 9.27. The highest BCUT2D eigenvalue weighted by atomic mass is 15.5. The van der Waals surface area contributed by atoms with Gasteiger partial charge in [-0.15, -0.1) is 0 Å². The Morgan fingerprint density at radius 3 is 1.25 bits per heavy atom. The van der Waals surface area contributed by atoms with Gasteiger partial charge in [-0.05, 0) is 17.9 Å². The molecule has 15 aliphatic rings. The van der Waals surface area contributed by atoms with Gasteiger partial charge in [0.05, 0.1) is 0 Å². The van der Waals surface area contributed by atoms with Crippen LogP contribution in [0.4, 0.5) is 0 Å². The fourth-order valence-electron chi connectivity index (χ4n) is 6.88. The number of nitrogens with zero attached hydrogens (tertiary/aromatic N) is 4. The molecule has 0 amide bonds. The van der Waals surface area contributed by atoms with Crippen molar-refractivity contribution < 1.29 is 17.9 Å². The first-order valence-corrected chi connectivity index (χ1v) is 11.5. The molecule has 6 bridgehead atoms. The van der Waals surface area contributed by atoms with Gasteiger partial charge < -0.3 is 8.97 Å². The second-order valence-electron chi connectivity index (χ2n) is 10.9. The fraction of sp³-hybridized carbons (Fsp3) is 0.667. The lowest BCUT2D eigenvalue weighted by Crippen LogP contribution is -2.74. The molecule has 0 unspecified atom stereocenters. The van der Waals surface area contributed by atoms with Gasteiger partial charge in [0.25, 0.3) is 0 Å². The zero-order valence-corrected chi connectivity index (χ0v) is 17.4. The van der Waals surface area contributed by atoms with Crippen LogP contribution in [0, 0.1) is 11.8 Å². The van der Waals surface area contributed by atoms with Gasteiger partial charge in [-0.3, -0.25) is 8.97 Å². The van der Waals surface area contributed by atoms with E-state index >= 15 is 0 Å². The SMILES string of the molecule is C1#CC[N+]23CC[N+](CC2)(CC3)Cc2cccc(c2)C[N+]23CC[N+](C1)(CC2)CC3. The van der Waals surface area contributed by atoms with Crippen LogP contribution in [0.2, 0.25) is 0 Å². The summed E-state index contributed by atoms with van der Waals surface area (Å²) in [5, 5.41) is 0. The van der Waals surface area contributed by atoms with Gasteiger partial charge in [0.1, 0.15) is 105 Å². The molecule has 0 aromatic heterocycles. The third-order valence-corrected chi connectivity index (χ3v) is 9.27. The summed E-state index contributed by atoms with van der Waals surface area (Å²) in [7, 11) is 0. The largest absolute Gasteiger partial charge is 0.306 e. The van der Waals surface area contributed by atoms with Crippen LogP contribution in [0.3, 0.4) is 0 Å². The van der Waals surface area contributed by atoms with Crippen molar-refractivity contribution in [3.8, 4) is 11.8 Å². The molecule has 4 nitrogen and oxygen atoms in total. The number of benzene rings is 1. The number of rotatable bonds is 0. The van der Waals surface area contributed by atoms with Crippen LogP contribution in [0.5, 0.6) is 0 Å². The van der Waals surface area contributed by atoms with E-state index in [2.05, 4.69) is 36.1 Å². The van der Waals surface area contributed by atoms with Gasteiger partial charge in [0, 0.05) is 11.1 Å². The standard InChI is InChI=1S/C24H36N4/c1-2-7-26-11-17-28(18-12-26,19-13-26)22-24-5-3-4-23(20-24)21-27-14-8-25(6-1,9-15-27)10-16-27/h3-5,20H,6-19,21-22H2/q+4. The highest BCUT2D eigenvalue weighted by molar-refractivity contribution is 5.22. The van der Waals surface area contributed by atoms with Gasteiger partial charge in [0.2, 0.25) is 0 Å². The maximum absolute atomic E-state index is 3.68. The Kier molecular flexibility index (Phi) is 3.78. The van der Waals surface area contributed by atoms with E-state index in [1.54, 1.807) is 11.1 Å². The number of hydrogen-bond acceptors (Lipinski definition) is 0. The molecule has 0 N–H and O–H groups in total. The molecule has 0 saturated carbocycles. The predicted molar refractivity (Wildman–Crippen MR) is 111 cm³/mol. The second kappa shape index (κ2) is 6.06. The Balaban J connectivity index is 1.36. The van der Waals surface area contributed by atoms with Crippen molar-refractivity contribution in [2.45, 2.75) is 13.1 Å². The summed E-state index contributed by atoms with van der Waals surface area (Å²) >= 11 is 0. The molecular weight excluding hydrogens is 344 g/mol. The molecule has 4 heteroatoms. The van der Waals surface area contributed by atoms with E-state index in [1.807, 2.05) is 0 Å². The maximum atomic E-state index is 3.68. The number of quaternary nitrogens is 4. The van der Waals surface area contributed by atoms with Crippen molar-refractivity contribution in [2.24, 2.45) is 0 Å². The Labute approximate surface area is 170 Å². The Bertz CT molecular complexity index is 735. The summed E-state index contributed by atoms with van der Waals surface area (Å²) in [5.41, 5.74) is 3.17. The molecule has 1 aromatic rings. The summed E-state index contributed by atoms with van der Waals surface area (Å²) in [4.78, 5) is 0. The average Bonchev–Trinajstić information content (AvgIpc) is 2.74. The zero-order chi connectivity index (χ0) is 18.7. The molecule has 15 heterocycles. The van der Waals surface area contributed by atoms with Crippen LogP contribution < -0.4 is 0 Å². The molecule has 6 saturated heterocycles. The molecule has 1 aromatic carbocycles. The van der Waals surface area contributed by atoms with Crippen molar-refractivity contribution in [3.05, 3.63) is 35.4 Å². The summed E-state index contributed by atoms with van der Waals surface area (Å²) in [6, 6.07) is 9.70. The lowest BCUT2D eigenvalue weighted by molar-refractivity contribution is -1.08. The minimum absolute atomic E-state index is 1.11. The first-order chi connectivity index (χ1) is 13.6. The number of piperazine rings is 6. The van der Waals surface area contributed by atoms with E-state index in [4.69, 9.17) is 0 Å². The van der Waals surface area contributed by atoms with Crippen molar-refractivity contribution in [3.63, 3.8) is 0 Å². The first-order valence-electron chi connectivity index (χ1n) is 11.5. The van der Waals surface area contributed by atoms with E-state index in [1.165, 1.54) is 110 Å². The summed E-state index contributed by atoms with van der Waals surface area (Å²) in [6.45, 7) is 20.9. The number of hydrogen-bond donors (Lipinski definition) is 0. The fourth-order valence-corrected chi connectivity index (χ4v) is 6.88. The smallest absolute Gasteiger partial charge is 0.141 e. The predicted octanol–water partition coefficient (Wildman–Crippen LogP) is 1.03. The quantitative estimate of drug-likeness (QED) is 0.466. The molecule has 148 valence electrons. The van der Waals surface area contributed by atoms with Crippen molar-refractivity contribution in [1.29, 1.82) is 0 Å². The Hall–Kier alpha value is -1.38. The van der Waals surface area contributed by atoms with E-state index in [-0.39, 0.29) is 0 Å². The molecule has 28 heavy (non-hydrogen) atoms. The monoisotopic (exact) mass is 380 g/mol. The van der Waals surface area contributed by atoms with Gasteiger partial charge >= 0.3 is 0 Å². The van der Waals surface area contributed by atoms with Gasteiger partial charge in [-0.2, -0.15) is 0 Å². The molecule has 0 aliphatic carbocycles. The van der Waals surface area contributed by atoms with Gasteiger partial charge in [-0.25, -0.2) is 0 Å². The molecule has 0 atom stereocenters. The van der Waals surface area contributed by atoms with E-state index in [0.29, 0.717) is 0 Å². The van der Waals surface area contributed by atoms with E-state index in [0.717, 1.165) is 13.1 Å². The van der Waals surface area contributed by atoms with Crippen molar-refractivity contribution >= 4 is 0 Å². The van der Waals surface area contributed by atoms with Crippen molar-refractivity contribution in [2.75, 3.05) is 91.6 Å². The van der Waals surface area contributed by atoms with Crippen LogP contribution >= 0.6 is 0 Å². The Morgan fingerprint density at radius 1 is 0.500 bits per heavy atom. The highest BCUT2D eigenvalue weighted by Gasteiger charge is 2.50. The topological polar surface area (TPSA) is 0 Å². The Morgan fingerprint density at radius 2 is 0.857 bits per heavy atom. The minimum atomic E-state index is 1.11. The third kappa shape index (κ3) is 2.83. The zero-order valence-electron chi connectivity index (χ0n) is 17.4.